The van der Waals surface area contributed by atoms with Crippen molar-refractivity contribution in [3.63, 3.8) is 0 Å². The fraction of sp³-hybridized carbons (Fsp3) is 0.500. The van der Waals surface area contributed by atoms with Crippen LogP contribution in [-0.4, -0.2) is 33.3 Å². The molecule has 0 bridgehead atoms. The summed E-state index contributed by atoms with van der Waals surface area (Å²) in [6.45, 7) is 1.60. The molecule has 1 heterocycles. The molecule has 1 aromatic carbocycles. The first-order valence-electron chi connectivity index (χ1n) is 6.18. The van der Waals surface area contributed by atoms with Gasteiger partial charge in [-0.05, 0) is 36.6 Å². The maximum atomic E-state index is 11.8. The van der Waals surface area contributed by atoms with Gasteiger partial charge >= 0.3 is 5.97 Å². The number of nitrogens with one attached hydrogen (secondary N) is 1. The molecule has 1 aromatic rings. The molecule has 1 N–H and O–H groups in total. The second kappa shape index (κ2) is 5.87. The van der Waals surface area contributed by atoms with E-state index < -0.39 is 0 Å². The van der Waals surface area contributed by atoms with Gasteiger partial charge in [-0.1, -0.05) is 12.1 Å². The Morgan fingerprint density at radius 1 is 1.39 bits per heavy atom. The highest BCUT2D eigenvalue weighted by Gasteiger charge is 2.32. The zero-order chi connectivity index (χ0) is 13.0. The Hall–Kier alpha value is -1.55. The Balaban J connectivity index is 2.24. The van der Waals surface area contributed by atoms with E-state index in [-0.39, 0.29) is 17.8 Å². The monoisotopic (exact) mass is 249 g/mol. The van der Waals surface area contributed by atoms with Crippen LogP contribution in [0.15, 0.2) is 24.3 Å². The van der Waals surface area contributed by atoms with Gasteiger partial charge in [0.25, 0.3) is 0 Å². The Kier molecular flexibility index (Phi) is 4.20. The number of carbonyl (C=O) groups is 1. The number of carbonyl (C=O) groups excluding carboxylic acids is 1. The summed E-state index contributed by atoms with van der Waals surface area (Å²) in [5, 5.41) is 3.25. The molecule has 98 valence electrons. The minimum absolute atomic E-state index is 0.115. The van der Waals surface area contributed by atoms with Gasteiger partial charge in [0.15, 0.2) is 0 Å². The van der Waals surface area contributed by atoms with Crippen LogP contribution in [-0.2, 0) is 9.53 Å². The first-order valence-corrected chi connectivity index (χ1v) is 6.18. The summed E-state index contributed by atoms with van der Waals surface area (Å²) in [5.74, 6) is 0.773. The topological polar surface area (TPSA) is 47.6 Å². The number of ether oxygens (including phenoxy) is 2. The summed E-state index contributed by atoms with van der Waals surface area (Å²) in [5.41, 5.74) is 1.14. The average Bonchev–Trinajstić information content (AvgIpc) is 2.46. The summed E-state index contributed by atoms with van der Waals surface area (Å²) in [6.07, 6.45) is 0.937. The molecule has 0 amide bonds. The van der Waals surface area contributed by atoms with Crippen LogP contribution in [0.3, 0.4) is 0 Å². The Labute approximate surface area is 107 Å². The van der Waals surface area contributed by atoms with Gasteiger partial charge in [-0.3, -0.25) is 4.79 Å². The zero-order valence-corrected chi connectivity index (χ0v) is 10.8. The molecule has 0 unspecified atom stereocenters. The van der Waals surface area contributed by atoms with Gasteiger partial charge in [0.05, 0.1) is 20.1 Å². The molecule has 2 atom stereocenters. The number of esters is 1. The Bertz CT molecular complexity index is 419. The fourth-order valence-electron chi connectivity index (χ4n) is 2.53. The van der Waals surface area contributed by atoms with E-state index in [4.69, 9.17) is 9.47 Å². The predicted molar refractivity (Wildman–Crippen MR) is 68.7 cm³/mol. The molecule has 0 spiro atoms. The SMILES string of the molecule is COC(=O)[C@H]1CNCC[C@H]1c1cccc(OC)c1. The first kappa shape index (κ1) is 12.9. The molecule has 1 saturated heterocycles. The minimum atomic E-state index is -0.144. The maximum Gasteiger partial charge on any atom is 0.310 e. The molecule has 0 saturated carbocycles. The molecule has 1 aliphatic heterocycles. The zero-order valence-electron chi connectivity index (χ0n) is 10.8. The maximum absolute atomic E-state index is 11.8. The number of benzene rings is 1. The second-order valence-electron chi connectivity index (χ2n) is 4.51. The molecule has 1 fully saturated rings. The molecule has 1 aliphatic rings. The predicted octanol–water partition coefficient (Wildman–Crippen LogP) is 1.56. The molecule has 4 nitrogen and oxygen atoms in total. The third-order valence-electron chi connectivity index (χ3n) is 3.51. The van der Waals surface area contributed by atoms with E-state index in [1.54, 1.807) is 7.11 Å². The van der Waals surface area contributed by atoms with E-state index in [1.807, 2.05) is 18.2 Å². The van der Waals surface area contributed by atoms with E-state index in [1.165, 1.54) is 7.11 Å². The summed E-state index contributed by atoms with van der Waals surface area (Å²) >= 11 is 0. The lowest BCUT2D eigenvalue weighted by Crippen LogP contribution is -2.40. The molecular formula is C14H19NO3. The number of piperidine rings is 1. The molecule has 4 heteroatoms. The van der Waals surface area contributed by atoms with E-state index in [0.717, 1.165) is 24.3 Å². The smallest absolute Gasteiger partial charge is 0.310 e. The molecule has 2 rings (SSSR count). The summed E-state index contributed by atoms with van der Waals surface area (Å²) in [6, 6.07) is 7.93. The highest BCUT2D eigenvalue weighted by molar-refractivity contribution is 5.74. The van der Waals surface area contributed by atoms with Gasteiger partial charge in [0.1, 0.15) is 5.75 Å². The van der Waals surface area contributed by atoms with Crippen molar-refractivity contribution < 1.29 is 14.3 Å². The lowest BCUT2D eigenvalue weighted by atomic mass is 9.81. The van der Waals surface area contributed by atoms with Crippen LogP contribution in [0.25, 0.3) is 0 Å². The standard InChI is InChI=1S/C14H19NO3/c1-17-11-5-3-4-10(8-11)12-6-7-15-9-13(12)14(16)18-2/h3-5,8,12-13,15H,6-7,9H2,1-2H3/t12-,13-/m0/s1. The number of methoxy groups -OCH3 is 2. The summed E-state index contributed by atoms with van der Waals surface area (Å²) < 4.78 is 10.1. The van der Waals surface area contributed by atoms with Crippen LogP contribution < -0.4 is 10.1 Å². The van der Waals surface area contributed by atoms with E-state index in [0.29, 0.717) is 6.54 Å². The summed E-state index contributed by atoms with van der Waals surface area (Å²) in [7, 11) is 3.10. The van der Waals surface area contributed by atoms with Crippen LogP contribution in [0, 0.1) is 5.92 Å². The van der Waals surface area contributed by atoms with Crippen molar-refractivity contribution in [2.45, 2.75) is 12.3 Å². The van der Waals surface area contributed by atoms with Crippen molar-refractivity contribution in [3.8, 4) is 5.75 Å². The largest absolute Gasteiger partial charge is 0.497 e. The van der Waals surface area contributed by atoms with Crippen LogP contribution in [0.1, 0.15) is 17.9 Å². The van der Waals surface area contributed by atoms with Gasteiger partial charge in [-0.15, -0.1) is 0 Å². The van der Waals surface area contributed by atoms with E-state index in [9.17, 15) is 4.79 Å². The van der Waals surface area contributed by atoms with Crippen LogP contribution >= 0.6 is 0 Å². The van der Waals surface area contributed by atoms with Crippen molar-refractivity contribution in [1.29, 1.82) is 0 Å². The van der Waals surface area contributed by atoms with Gasteiger partial charge in [-0.2, -0.15) is 0 Å². The summed E-state index contributed by atoms with van der Waals surface area (Å²) in [4.78, 5) is 11.8. The van der Waals surface area contributed by atoms with Gasteiger partial charge in [0.2, 0.25) is 0 Å². The van der Waals surface area contributed by atoms with E-state index >= 15 is 0 Å². The van der Waals surface area contributed by atoms with Crippen molar-refractivity contribution in [2.75, 3.05) is 27.3 Å². The quantitative estimate of drug-likeness (QED) is 0.826. The number of hydrogen-bond acceptors (Lipinski definition) is 4. The molecule has 0 aromatic heterocycles. The Morgan fingerprint density at radius 2 is 2.22 bits per heavy atom. The lowest BCUT2D eigenvalue weighted by Gasteiger charge is -2.30. The van der Waals surface area contributed by atoms with Crippen molar-refractivity contribution >= 4 is 5.97 Å². The van der Waals surface area contributed by atoms with Gasteiger partial charge < -0.3 is 14.8 Å². The third kappa shape index (κ3) is 2.64. The molecule has 18 heavy (non-hydrogen) atoms. The normalized spacial score (nSPS) is 23.4. The van der Waals surface area contributed by atoms with Crippen LogP contribution in [0.4, 0.5) is 0 Å². The molecule has 0 radical (unpaired) electrons. The van der Waals surface area contributed by atoms with Crippen molar-refractivity contribution in [3.05, 3.63) is 29.8 Å². The minimum Gasteiger partial charge on any atom is -0.497 e. The van der Waals surface area contributed by atoms with Gasteiger partial charge in [-0.25, -0.2) is 0 Å². The van der Waals surface area contributed by atoms with Crippen LogP contribution in [0.5, 0.6) is 5.75 Å². The Morgan fingerprint density at radius 3 is 2.94 bits per heavy atom. The number of rotatable bonds is 3. The molecule has 0 aliphatic carbocycles. The second-order valence-corrected chi connectivity index (χ2v) is 4.51. The van der Waals surface area contributed by atoms with Crippen LogP contribution in [0.2, 0.25) is 0 Å². The van der Waals surface area contributed by atoms with Gasteiger partial charge in [0, 0.05) is 6.54 Å². The highest BCUT2D eigenvalue weighted by atomic mass is 16.5. The van der Waals surface area contributed by atoms with E-state index in [2.05, 4.69) is 11.4 Å². The molecular weight excluding hydrogens is 230 g/mol. The fourth-order valence-corrected chi connectivity index (χ4v) is 2.53. The third-order valence-corrected chi connectivity index (χ3v) is 3.51. The van der Waals surface area contributed by atoms with Crippen molar-refractivity contribution in [2.24, 2.45) is 5.92 Å². The first-order chi connectivity index (χ1) is 8.76. The van der Waals surface area contributed by atoms with Crippen molar-refractivity contribution in [1.82, 2.24) is 5.32 Å². The lowest BCUT2D eigenvalue weighted by molar-refractivity contribution is -0.146. The highest BCUT2D eigenvalue weighted by Crippen LogP contribution is 2.32. The average molecular weight is 249 g/mol. The number of hydrogen-bond donors (Lipinski definition) is 1.